The van der Waals surface area contributed by atoms with E-state index in [1.54, 1.807) is 0 Å². The molecule has 0 radical (unpaired) electrons. The Bertz CT molecular complexity index is 966. The molecule has 0 bridgehead atoms. The van der Waals surface area contributed by atoms with Crippen molar-refractivity contribution in [3.8, 4) is 11.4 Å². The molecule has 1 heterocycles. The third-order valence-electron chi connectivity index (χ3n) is 5.12. The number of nitrogens with one attached hydrogen (secondary N) is 1. The van der Waals surface area contributed by atoms with Crippen LogP contribution in [0.3, 0.4) is 0 Å². The summed E-state index contributed by atoms with van der Waals surface area (Å²) in [4.78, 5) is 12.6. The molecule has 28 heavy (non-hydrogen) atoms. The molecule has 5 nitrogen and oxygen atoms in total. The molecular weight excluding hydrogens is 368 g/mol. The van der Waals surface area contributed by atoms with Crippen LogP contribution in [0.4, 0.5) is 0 Å². The number of hydrogen-bond acceptors (Lipinski definition) is 4. The molecule has 4 rings (SSSR count). The topological polar surface area (TPSA) is 59.8 Å². The Morgan fingerprint density at radius 1 is 1.14 bits per heavy atom. The zero-order valence-corrected chi connectivity index (χ0v) is 16.9. The summed E-state index contributed by atoms with van der Waals surface area (Å²) in [6, 6.07) is 18.5. The van der Waals surface area contributed by atoms with Gasteiger partial charge in [0.25, 0.3) is 0 Å². The Hall–Kier alpha value is -2.60. The van der Waals surface area contributed by atoms with Gasteiger partial charge < -0.3 is 9.88 Å². The summed E-state index contributed by atoms with van der Waals surface area (Å²) in [7, 11) is 1.94. The summed E-state index contributed by atoms with van der Waals surface area (Å²) in [5.41, 5.74) is 3.40. The molecule has 0 spiro atoms. The Kier molecular flexibility index (Phi) is 5.48. The summed E-state index contributed by atoms with van der Waals surface area (Å²) in [6.07, 6.45) is 2.35. The molecule has 1 atom stereocenters. The maximum atomic E-state index is 12.6. The molecule has 1 fully saturated rings. The van der Waals surface area contributed by atoms with Crippen molar-refractivity contribution in [2.75, 3.05) is 5.75 Å². The first kappa shape index (κ1) is 18.7. The van der Waals surface area contributed by atoms with Crippen LogP contribution in [0.2, 0.25) is 0 Å². The minimum absolute atomic E-state index is 0.0335. The summed E-state index contributed by atoms with van der Waals surface area (Å²) in [5, 5.41) is 12.6. The lowest BCUT2D eigenvalue weighted by Crippen LogP contribution is -2.31. The van der Waals surface area contributed by atoms with Crippen LogP contribution in [-0.4, -0.2) is 26.4 Å². The highest BCUT2D eigenvalue weighted by atomic mass is 32.2. The van der Waals surface area contributed by atoms with E-state index in [0.717, 1.165) is 22.1 Å². The smallest absolute Gasteiger partial charge is 0.230 e. The van der Waals surface area contributed by atoms with Crippen molar-refractivity contribution in [2.24, 2.45) is 13.0 Å². The molecule has 0 aliphatic heterocycles. The largest absolute Gasteiger partial charge is 0.348 e. The van der Waals surface area contributed by atoms with Crippen LogP contribution >= 0.6 is 11.8 Å². The number of amides is 1. The predicted octanol–water partition coefficient (Wildman–Crippen LogP) is 4.15. The lowest BCUT2D eigenvalue weighted by atomic mass is 10.0. The van der Waals surface area contributed by atoms with Gasteiger partial charge in [-0.15, -0.1) is 10.2 Å². The number of rotatable bonds is 7. The van der Waals surface area contributed by atoms with E-state index in [4.69, 9.17) is 0 Å². The Labute approximate surface area is 169 Å². The molecule has 1 saturated carbocycles. The van der Waals surface area contributed by atoms with Crippen molar-refractivity contribution in [1.29, 1.82) is 0 Å². The van der Waals surface area contributed by atoms with Gasteiger partial charge in [0.05, 0.1) is 11.8 Å². The second kappa shape index (κ2) is 8.19. The number of hydrogen-bond donors (Lipinski definition) is 1. The first-order valence-corrected chi connectivity index (χ1v) is 10.5. The van der Waals surface area contributed by atoms with Gasteiger partial charge in [-0.05, 0) is 36.8 Å². The zero-order chi connectivity index (χ0) is 19.5. The molecule has 1 aliphatic carbocycles. The first-order valence-electron chi connectivity index (χ1n) is 9.56. The van der Waals surface area contributed by atoms with Gasteiger partial charge in [0.2, 0.25) is 5.91 Å². The average Bonchev–Trinajstić information content (AvgIpc) is 3.49. The number of carbonyl (C=O) groups is 1. The standard InChI is InChI=1S/C22H24N4OS/c1-15-8-6-7-11-18(15)21-24-25-22(26(21)2)28-14-19(27)23-20(17-12-13-17)16-9-4-3-5-10-16/h3-11,17,20H,12-14H2,1-2H3,(H,23,27). The summed E-state index contributed by atoms with van der Waals surface area (Å²) < 4.78 is 1.95. The van der Waals surface area contributed by atoms with Crippen molar-refractivity contribution in [3.05, 3.63) is 65.7 Å². The fourth-order valence-corrected chi connectivity index (χ4v) is 4.13. The molecule has 2 aromatic carbocycles. The normalized spacial score (nSPS) is 14.6. The third kappa shape index (κ3) is 4.12. The monoisotopic (exact) mass is 392 g/mol. The molecular formula is C22H24N4OS. The van der Waals surface area contributed by atoms with Crippen LogP contribution in [0, 0.1) is 12.8 Å². The van der Waals surface area contributed by atoms with E-state index in [1.165, 1.54) is 30.2 Å². The number of thioether (sulfide) groups is 1. The van der Waals surface area contributed by atoms with E-state index in [-0.39, 0.29) is 11.9 Å². The maximum absolute atomic E-state index is 12.6. The van der Waals surface area contributed by atoms with Crippen LogP contribution in [-0.2, 0) is 11.8 Å². The van der Waals surface area contributed by atoms with Gasteiger partial charge in [-0.3, -0.25) is 4.79 Å². The highest BCUT2D eigenvalue weighted by Gasteiger charge is 2.33. The average molecular weight is 393 g/mol. The Morgan fingerprint density at radius 3 is 2.57 bits per heavy atom. The molecule has 1 aromatic heterocycles. The third-order valence-corrected chi connectivity index (χ3v) is 6.14. The van der Waals surface area contributed by atoms with Gasteiger partial charge in [0.15, 0.2) is 11.0 Å². The lowest BCUT2D eigenvalue weighted by Gasteiger charge is -2.18. The number of aryl methyl sites for hydroxylation is 1. The van der Waals surface area contributed by atoms with Crippen LogP contribution in [0.25, 0.3) is 11.4 Å². The maximum Gasteiger partial charge on any atom is 0.230 e. The predicted molar refractivity (Wildman–Crippen MR) is 112 cm³/mol. The van der Waals surface area contributed by atoms with Crippen molar-refractivity contribution in [1.82, 2.24) is 20.1 Å². The molecule has 1 amide bonds. The second-order valence-corrected chi connectivity index (χ2v) is 8.20. The Balaban J connectivity index is 1.41. The van der Waals surface area contributed by atoms with Gasteiger partial charge in [0.1, 0.15) is 0 Å². The van der Waals surface area contributed by atoms with E-state index in [2.05, 4.69) is 40.6 Å². The van der Waals surface area contributed by atoms with Crippen LogP contribution < -0.4 is 5.32 Å². The fourth-order valence-electron chi connectivity index (χ4n) is 3.41. The van der Waals surface area contributed by atoms with E-state index >= 15 is 0 Å². The van der Waals surface area contributed by atoms with E-state index in [9.17, 15) is 4.79 Å². The SMILES string of the molecule is Cc1ccccc1-c1nnc(SCC(=O)NC(c2ccccc2)C2CC2)n1C. The van der Waals surface area contributed by atoms with E-state index in [1.807, 2.05) is 48.0 Å². The molecule has 6 heteroatoms. The van der Waals surface area contributed by atoms with Crippen LogP contribution in [0.15, 0.2) is 59.8 Å². The number of aromatic nitrogens is 3. The first-order chi connectivity index (χ1) is 13.6. The van der Waals surface area contributed by atoms with Crippen molar-refractivity contribution >= 4 is 17.7 Å². The second-order valence-electron chi connectivity index (χ2n) is 7.26. The lowest BCUT2D eigenvalue weighted by molar-refractivity contribution is -0.119. The van der Waals surface area contributed by atoms with Crippen molar-refractivity contribution in [3.63, 3.8) is 0 Å². The number of carbonyl (C=O) groups excluding carboxylic acids is 1. The molecule has 3 aromatic rings. The highest BCUT2D eigenvalue weighted by molar-refractivity contribution is 7.99. The molecule has 144 valence electrons. The highest BCUT2D eigenvalue weighted by Crippen LogP contribution is 2.41. The molecule has 1 N–H and O–H groups in total. The fraction of sp³-hybridized carbons (Fsp3) is 0.318. The van der Waals surface area contributed by atoms with Crippen LogP contribution in [0.1, 0.15) is 30.0 Å². The van der Waals surface area contributed by atoms with Crippen molar-refractivity contribution in [2.45, 2.75) is 31.0 Å². The molecule has 1 unspecified atom stereocenters. The zero-order valence-electron chi connectivity index (χ0n) is 16.1. The van der Waals surface area contributed by atoms with E-state index < -0.39 is 0 Å². The summed E-state index contributed by atoms with van der Waals surface area (Å²) >= 11 is 1.42. The molecule has 1 aliphatic rings. The van der Waals surface area contributed by atoms with Gasteiger partial charge in [-0.2, -0.15) is 0 Å². The summed E-state index contributed by atoms with van der Waals surface area (Å²) in [6.45, 7) is 2.06. The van der Waals surface area contributed by atoms with E-state index in [0.29, 0.717) is 11.7 Å². The van der Waals surface area contributed by atoms with Gasteiger partial charge in [-0.1, -0.05) is 66.4 Å². The summed E-state index contributed by atoms with van der Waals surface area (Å²) in [5.74, 6) is 1.74. The van der Waals surface area contributed by atoms with Gasteiger partial charge in [-0.25, -0.2) is 0 Å². The Morgan fingerprint density at radius 2 is 1.86 bits per heavy atom. The number of benzene rings is 2. The van der Waals surface area contributed by atoms with Crippen LogP contribution in [0.5, 0.6) is 0 Å². The minimum atomic E-state index is 0.0335. The van der Waals surface area contributed by atoms with Gasteiger partial charge >= 0.3 is 0 Å². The quantitative estimate of drug-likeness (QED) is 0.614. The minimum Gasteiger partial charge on any atom is -0.348 e. The van der Waals surface area contributed by atoms with Crippen molar-refractivity contribution < 1.29 is 4.79 Å². The molecule has 0 saturated heterocycles. The number of nitrogens with zero attached hydrogens (tertiary/aromatic N) is 3. The van der Waals surface area contributed by atoms with Gasteiger partial charge in [0, 0.05) is 12.6 Å².